The summed E-state index contributed by atoms with van der Waals surface area (Å²) in [5.74, 6) is -1.24. The van der Waals surface area contributed by atoms with E-state index in [1.165, 1.54) is 15.6 Å². The fourth-order valence-corrected chi connectivity index (χ4v) is 4.45. The van der Waals surface area contributed by atoms with Gasteiger partial charge in [0.25, 0.3) is 0 Å². The van der Waals surface area contributed by atoms with Crippen molar-refractivity contribution in [2.75, 3.05) is 6.54 Å². The largest absolute Gasteiger partial charge is 0.343 e. The van der Waals surface area contributed by atoms with Crippen LogP contribution < -0.4 is 5.32 Å². The van der Waals surface area contributed by atoms with E-state index >= 15 is 0 Å². The summed E-state index contributed by atoms with van der Waals surface area (Å²) in [5.41, 5.74) is 2.56. The van der Waals surface area contributed by atoms with Crippen LogP contribution in [0, 0.1) is 12.7 Å². The van der Waals surface area contributed by atoms with Gasteiger partial charge >= 0.3 is 0 Å². The van der Waals surface area contributed by atoms with Crippen molar-refractivity contribution < 1.29 is 18.4 Å². The van der Waals surface area contributed by atoms with E-state index in [1.54, 1.807) is 25.3 Å². The number of carbonyl (C=O) groups excluding carboxylic acids is 2. The van der Waals surface area contributed by atoms with Crippen LogP contribution in [-0.4, -0.2) is 50.5 Å². The van der Waals surface area contributed by atoms with Crippen LogP contribution in [0.15, 0.2) is 54.7 Å². The molecule has 35 heavy (non-hydrogen) atoms. The minimum absolute atomic E-state index is 0.0159. The molecule has 0 aliphatic carbocycles. The molecule has 1 fully saturated rings. The molecule has 0 bridgehead atoms. The zero-order valence-corrected chi connectivity index (χ0v) is 20.0. The summed E-state index contributed by atoms with van der Waals surface area (Å²) in [7, 11) is 0. The van der Waals surface area contributed by atoms with E-state index in [9.17, 15) is 18.4 Å². The number of aryl methyl sites for hydroxylation is 1. The monoisotopic (exact) mass is 481 g/mol. The Morgan fingerprint density at radius 1 is 1.14 bits per heavy atom. The number of halogens is 2. The standard InChI is InChI=1S/C26H29F2N5O2/c1-16(2)21-10-9-19(11-22(21)28)25(18-7-5-4-6-8-18)29-26(35)23-12-20(27)14-33(23)24(34)15-32-13-17(3)30-31-32/h4-11,13,16,20,23,25H,12,14-15H2,1-3H3,(H,29,35). The molecule has 4 rings (SSSR count). The second-order valence-electron chi connectivity index (χ2n) is 9.24. The molecule has 3 atom stereocenters. The average molecular weight is 482 g/mol. The first-order valence-electron chi connectivity index (χ1n) is 11.7. The maximum Gasteiger partial charge on any atom is 0.245 e. The Labute approximate surface area is 203 Å². The van der Waals surface area contributed by atoms with Crippen LogP contribution in [0.1, 0.15) is 54.6 Å². The third-order valence-electron chi connectivity index (χ3n) is 6.22. The molecule has 0 radical (unpaired) electrons. The third kappa shape index (κ3) is 5.55. The molecule has 9 heteroatoms. The second kappa shape index (κ2) is 10.3. The van der Waals surface area contributed by atoms with E-state index in [0.717, 1.165) is 5.56 Å². The van der Waals surface area contributed by atoms with Crippen molar-refractivity contribution in [2.45, 2.75) is 57.9 Å². The van der Waals surface area contributed by atoms with E-state index in [1.807, 2.05) is 44.2 Å². The summed E-state index contributed by atoms with van der Waals surface area (Å²) in [6, 6.07) is 12.5. The van der Waals surface area contributed by atoms with Gasteiger partial charge in [0.15, 0.2) is 0 Å². The van der Waals surface area contributed by atoms with Gasteiger partial charge in [-0.25, -0.2) is 13.5 Å². The molecule has 2 amide bonds. The van der Waals surface area contributed by atoms with Gasteiger partial charge in [-0.1, -0.05) is 61.5 Å². The topological polar surface area (TPSA) is 80.1 Å². The maximum atomic E-state index is 14.8. The van der Waals surface area contributed by atoms with Gasteiger partial charge in [-0.2, -0.15) is 0 Å². The molecule has 3 unspecified atom stereocenters. The van der Waals surface area contributed by atoms with E-state index < -0.39 is 30.1 Å². The van der Waals surface area contributed by atoms with Crippen LogP contribution in [0.4, 0.5) is 8.78 Å². The second-order valence-corrected chi connectivity index (χ2v) is 9.24. The van der Waals surface area contributed by atoms with E-state index in [0.29, 0.717) is 16.8 Å². The molecular weight excluding hydrogens is 452 g/mol. The lowest BCUT2D eigenvalue weighted by Crippen LogP contribution is -2.48. The number of aromatic nitrogens is 3. The van der Waals surface area contributed by atoms with Crippen LogP contribution >= 0.6 is 0 Å². The Hall–Kier alpha value is -3.62. The number of hydrogen-bond acceptors (Lipinski definition) is 4. The molecule has 1 N–H and O–H groups in total. The maximum absolute atomic E-state index is 14.8. The number of likely N-dealkylation sites (tertiary alicyclic amines) is 1. The molecule has 1 saturated heterocycles. The summed E-state index contributed by atoms with van der Waals surface area (Å²) in [6.07, 6.45) is 0.192. The van der Waals surface area contributed by atoms with Gasteiger partial charge in [0.2, 0.25) is 11.8 Å². The zero-order chi connectivity index (χ0) is 25.1. The molecule has 2 heterocycles. The third-order valence-corrected chi connectivity index (χ3v) is 6.22. The number of alkyl halides is 1. The highest BCUT2D eigenvalue weighted by Crippen LogP contribution is 2.28. The Kier molecular flexibility index (Phi) is 7.23. The molecule has 7 nitrogen and oxygen atoms in total. The number of rotatable bonds is 7. The molecule has 0 saturated carbocycles. The van der Waals surface area contributed by atoms with E-state index in [4.69, 9.17) is 0 Å². The van der Waals surface area contributed by atoms with Crippen LogP contribution in [0.25, 0.3) is 0 Å². The van der Waals surface area contributed by atoms with Crippen molar-refractivity contribution in [2.24, 2.45) is 0 Å². The van der Waals surface area contributed by atoms with Crippen molar-refractivity contribution >= 4 is 11.8 Å². The Bertz CT molecular complexity index is 1200. The van der Waals surface area contributed by atoms with Crippen LogP contribution in [-0.2, 0) is 16.1 Å². The smallest absolute Gasteiger partial charge is 0.245 e. The van der Waals surface area contributed by atoms with Crippen molar-refractivity contribution in [3.05, 3.63) is 82.9 Å². The van der Waals surface area contributed by atoms with E-state index in [-0.39, 0.29) is 31.2 Å². The fraction of sp³-hybridized carbons (Fsp3) is 0.385. The first kappa shape index (κ1) is 24.5. The minimum atomic E-state index is -1.31. The quantitative estimate of drug-likeness (QED) is 0.558. The summed E-state index contributed by atoms with van der Waals surface area (Å²) in [5, 5.41) is 10.7. The highest BCUT2D eigenvalue weighted by atomic mass is 19.1. The summed E-state index contributed by atoms with van der Waals surface area (Å²) in [4.78, 5) is 27.5. The Morgan fingerprint density at radius 2 is 1.89 bits per heavy atom. The lowest BCUT2D eigenvalue weighted by Gasteiger charge is -2.27. The number of nitrogens with zero attached hydrogens (tertiary/aromatic N) is 4. The first-order chi connectivity index (χ1) is 16.7. The zero-order valence-electron chi connectivity index (χ0n) is 20.0. The predicted molar refractivity (Wildman–Crippen MR) is 127 cm³/mol. The van der Waals surface area contributed by atoms with Gasteiger partial charge in [-0.15, -0.1) is 5.10 Å². The molecule has 1 aliphatic heterocycles. The van der Waals surface area contributed by atoms with Gasteiger partial charge in [-0.3, -0.25) is 9.59 Å². The van der Waals surface area contributed by atoms with Gasteiger partial charge in [0, 0.05) is 12.6 Å². The normalized spacial score (nSPS) is 18.6. The number of benzene rings is 2. The van der Waals surface area contributed by atoms with Crippen molar-refractivity contribution in [1.29, 1.82) is 0 Å². The predicted octanol–water partition coefficient (Wildman–Crippen LogP) is 3.69. The summed E-state index contributed by atoms with van der Waals surface area (Å²) >= 11 is 0. The average Bonchev–Trinajstić information content (AvgIpc) is 3.42. The Balaban J connectivity index is 1.58. The van der Waals surface area contributed by atoms with Crippen LogP contribution in [0.2, 0.25) is 0 Å². The molecule has 1 aliphatic rings. The van der Waals surface area contributed by atoms with Crippen LogP contribution in [0.5, 0.6) is 0 Å². The van der Waals surface area contributed by atoms with Crippen molar-refractivity contribution in [3.63, 3.8) is 0 Å². The van der Waals surface area contributed by atoms with Gasteiger partial charge in [0.1, 0.15) is 24.6 Å². The van der Waals surface area contributed by atoms with Crippen LogP contribution in [0.3, 0.4) is 0 Å². The lowest BCUT2D eigenvalue weighted by atomic mass is 9.94. The van der Waals surface area contributed by atoms with Gasteiger partial charge < -0.3 is 10.2 Å². The fourth-order valence-electron chi connectivity index (χ4n) is 4.45. The number of hydrogen-bond donors (Lipinski definition) is 1. The number of amides is 2. The first-order valence-corrected chi connectivity index (χ1v) is 11.7. The number of carbonyl (C=O) groups is 2. The van der Waals surface area contributed by atoms with Gasteiger partial charge in [-0.05, 0) is 35.6 Å². The molecular formula is C26H29F2N5O2. The number of nitrogens with one attached hydrogen (secondary N) is 1. The van der Waals surface area contributed by atoms with Gasteiger partial charge in [0.05, 0.1) is 18.3 Å². The van der Waals surface area contributed by atoms with Crippen molar-refractivity contribution in [1.82, 2.24) is 25.2 Å². The molecule has 1 aromatic heterocycles. The molecule has 0 spiro atoms. The summed E-state index contributed by atoms with van der Waals surface area (Å²) < 4.78 is 30.6. The Morgan fingerprint density at radius 3 is 2.51 bits per heavy atom. The van der Waals surface area contributed by atoms with Crippen molar-refractivity contribution in [3.8, 4) is 0 Å². The lowest BCUT2D eigenvalue weighted by molar-refractivity contribution is -0.139. The minimum Gasteiger partial charge on any atom is -0.343 e. The molecule has 184 valence electrons. The highest BCUT2D eigenvalue weighted by Gasteiger charge is 2.40. The highest BCUT2D eigenvalue weighted by molar-refractivity contribution is 5.88. The summed E-state index contributed by atoms with van der Waals surface area (Å²) in [6.45, 7) is 5.26. The molecule has 2 aromatic carbocycles. The molecule has 3 aromatic rings. The SMILES string of the molecule is Cc1cn(CC(=O)N2CC(F)CC2C(=O)NC(c2ccccc2)c2ccc(C(C)C)c(F)c2)nn1. The van der Waals surface area contributed by atoms with E-state index in [2.05, 4.69) is 15.6 Å².